The van der Waals surface area contributed by atoms with Crippen molar-refractivity contribution in [3.05, 3.63) is 218 Å². The quantitative estimate of drug-likeness (QED) is 0.156. The molecule has 0 bridgehead atoms. The summed E-state index contributed by atoms with van der Waals surface area (Å²) in [5.41, 5.74) is 8.61. The molecule has 0 aliphatic rings. The van der Waals surface area contributed by atoms with E-state index in [1.165, 1.54) is 0 Å². The van der Waals surface area contributed by atoms with Gasteiger partial charge in [-0.1, -0.05) is 182 Å². The third-order valence-electron chi connectivity index (χ3n) is 10.8. The van der Waals surface area contributed by atoms with Crippen LogP contribution in [0.2, 0.25) is 0 Å². The lowest BCUT2D eigenvalue weighted by molar-refractivity contribution is 1.11. The first-order valence-corrected chi connectivity index (χ1v) is 18.9. The first kappa shape index (κ1) is 25.5. The van der Waals surface area contributed by atoms with E-state index in [0.717, 1.165) is 55.3 Å². The normalized spacial score (nSPS) is 13.5. The molecule has 0 saturated heterocycles. The van der Waals surface area contributed by atoms with Gasteiger partial charge in [0.2, 0.25) is 0 Å². The van der Waals surface area contributed by atoms with Crippen LogP contribution in [0.1, 0.15) is 11.0 Å². The molecular formula is C55H36N2. The van der Waals surface area contributed by atoms with Gasteiger partial charge in [-0.25, -0.2) is 4.98 Å². The van der Waals surface area contributed by atoms with Gasteiger partial charge in [0.1, 0.15) is 5.82 Å². The molecule has 0 amide bonds. The largest absolute Gasteiger partial charge is 0.292 e. The van der Waals surface area contributed by atoms with Gasteiger partial charge in [0.25, 0.3) is 0 Å². The third kappa shape index (κ3) is 5.61. The van der Waals surface area contributed by atoms with Crippen molar-refractivity contribution in [3.8, 4) is 61.6 Å². The summed E-state index contributed by atoms with van der Waals surface area (Å²) in [4.78, 5) is 5.13. The van der Waals surface area contributed by atoms with E-state index in [-0.39, 0.29) is 51.3 Å². The Labute approximate surface area is 342 Å². The molecule has 11 rings (SSSR count). The Morgan fingerprint density at radius 1 is 0.368 bits per heavy atom. The number of benzene rings is 10. The van der Waals surface area contributed by atoms with Crippen LogP contribution < -0.4 is 0 Å². The minimum absolute atomic E-state index is 0.158. The smallest absolute Gasteiger partial charge is 0.145 e. The summed E-state index contributed by atoms with van der Waals surface area (Å²) in [5, 5.41) is 2.78. The van der Waals surface area contributed by atoms with E-state index in [4.69, 9.17) is 10.5 Å². The molecule has 57 heavy (non-hydrogen) atoms. The van der Waals surface area contributed by atoms with Crippen molar-refractivity contribution in [1.29, 1.82) is 0 Å². The zero-order valence-electron chi connectivity index (χ0n) is 38.6. The Morgan fingerprint density at radius 2 is 0.860 bits per heavy atom. The Kier molecular flexibility index (Phi) is 6.10. The lowest BCUT2D eigenvalue weighted by atomic mass is 9.84. The number of para-hydroxylation sites is 2. The number of hydrogen-bond donors (Lipinski definition) is 0. The molecule has 11 aromatic rings. The molecule has 0 spiro atoms. The van der Waals surface area contributed by atoms with Crippen LogP contribution >= 0.6 is 0 Å². The van der Waals surface area contributed by atoms with E-state index < -0.39 is 24.2 Å². The summed E-state index contributed by atoms with van der Waals surface area (Å²) >= 11 is 0. The summed E-state index contributed by atoms with van der Waals surface area (Å²) < 4.78 is 76.3. The van der Waals surface area contributed by atoms with Crippen LogP contribution in [0.3, 0.4) is 0 Å². The van der Waals surface area contributed by atoms with Gasteiger partial charge >= 0.3 is 0 Å². The standard InChI is InChI=1S/C55H36N2/c1-3-16-37(17-4-1)42-34-43(38-18-5-2-6-19-38)36-44(35-42)54-48-25-11-9-23-46(48)53(47-24-10-12-26-49(47)54)40-30-32-41(33-31-40)55-56-50-27-13-14-28-52(50)57(55)51-29-15-21-39-20-7-8-22-45(39)51/h1-36H/i9D,10D,11D,12D,23D,24D,25D,26D. The zero-order chi connectivity index (χ0) is 44.7. The minimum Gasteiger partial charge on any atom is -0.292 e. The fraction of sp³-hybridized carbons (Fsp3) is 0. The molecule has 0 fully saturated rings. The van der Waals surface area contributed by atoms with Gasteiger partial charge in [-0.3, -0.25) is 4.57 Å². The first-order chi connectivity index (χ1) is 31.6. The van der Waals surface area contributed by atoms with Crippen molar-refractivity contribution < 1.29 is 11.0 Å². The van der Waals surface area contributed by atoms with Gasteiger partial charge in [0.15, 0.2) is 0 Å². The van der Waals surface area contributed by atoms with Crippen LogP contribution in [0.25, 0.3) is 105 Å². The van der Waals surface area contributed by atoms with E-state index in [2.05, 4.69) is 34.9 Å². The molecule has 0 saturated carbocycles. The van der Waals surface area contributed by atoms with Crippen LogP contribution in [0.15, 0.2) is 218 Å². The Morgan fingerprint density at radius 3 is 1.49 bits per heavy atom. The Balaban J connectivity index is 1.23. The highest BCUT2D eigenvalue weighted by atomic mass is 15.1. The maximum Gasteiger partial charge on any atom is 0.145 e. The highest BCUT2D eigenvalue weighted by Gasteiger charge is 2.20. The lowest BCUT2D eigenvalue weighted by Crippen LogP contribution is -1.98. The van der Waals surface area contributed by atoms with E-state index >= 15 is 0 Å². The molecule has 266 valence electrons. The van der Waals surface area contributed by atoms with Crippen molar-refractivity contribution in [2.45, 2.75) is 0 Å². The number of aromatic nitrogens is 2. The second kappa shape index (κ2) is 13.6. The van der Waals surface area contributed by atoms with Gasteiger partial charge in [-0.2, -0.15) is 0 Å². The van der Waals surface area contributed by atoms with Gasteiger partial charge < -0.3 is 0 Å². The highest BCUT2D eigenvalue weighted by molar-refractivity contribution is 6.21. The monoisotopic (exact) mass is 732 g/mol. The molecule has 10 aromatic carbocycles. The fourth-order valence-corrected chi connectivity index (χ4v) is 8.22. The molecular weight excluding hydrogens is 689 g/mol. The third-order valence-corrected chi connectivity index (χ3v) is 10.8. The Hall–Kier alpha value is -7.55. The summed E-state index contributed by atoms with van der Waals surface area (Å²) in [6.45, 7) is 0. The summed E-state index contributed by atoms with van der Waals surface area (Å²) in [7, 11) is 0. The number of nitrogens with zero attached hydrogens (tertiary/aromatic N) is 2. The fourth-order valence-electron chi connectivity index (χ4n) is 8.22. The van der Waals surface area contributed by atoms with Gasteiger partial charge in [-0.15, -0.1) is 0 Å². The van der Waals surface area contributed by atoms with E-state index in [1.807, 2.05) is 140 Å². The van der Waals surface area contributed by atoms with E-state index in [9.17, 15) is 5.48 Å². The molecule has 0 aliphatic carbocycles. The van der Waals surface area contributed by atoms with Gasteiger partial charge in [0, 0.05) is 10.9 Å². The second-order valence-electron chi connectivity index (χ2n) is 14.1. The number of hydrogen-bond acceptors (Lipinski definition) is 1. The molecule has 0 unspecified atom stereocenters. The predicted molar refractivity (Wildman–Crippen MR) is 241 cm³/mol. The predicted octanol–water partition coefficient (Wildman–Crippen LogP) is 14.8. The van der Waals surface area contributed by atoms with Gasteiger partial charge in [0.05, 0.1) is 27.7 Å². The first-order valence-electron chi connectivity index (χ1n) is 22.9. The van der Waals surface area contributed by atoms with Gasteiger partial charge in [-0.05, 0) is 108 Å². The summed E-state index contributed by atoms with van der Waals surface area (Å²) in [6.07, 6.45) is 0. The maximum atomic E-state index is 9.57. The molecule has 2 nitrogen and oxygen atoms in total. The topological polar surface area (TPSA) is 17.8 Å². The van der Waals surface area contributed by atoms with E-state index in [0.29, 0.717) is 22.5 Å². The Bertz CT molecular complexity index is 3590. The molecule has 0 aliphatic heterocycles. The van der Waals surface area contributed by atoms with E-state index in [1.54, 1.807) is 0 Å². The number of fused-ring (bicyclic) bond motifs is 4. The molecule has 0 N–H and O–H groups in total. The van der Waals surface area contributed by atoms with Crippen LogP contribution in [0.5, 0.6) is 0 Å². The SMILES string of the molecule is [2H]c1c([2H])c([2H])c2c(-c3cc(-c4ccccc4)cc(-c4ccccc4)c3)c3c([2H])c([2H])c([2H])c([2H])c3c(-c3ccc(-c4nc5ccccc5n4-c4cccc5ccccc45)cc3)c2c1[2H]. The molecule has 0 atom stereocenters. The summed E-state index contributed by atoms with van der Waals surface area (Å²) in [6, 6.07) is 52.4. The molecule has 0 radical (unpaired) electrons. The molecule has 1 heterocycles. The molecule has 2 heteroatoms. The maximum absolute atomic E-state index is 9.57. The minimum atomic E-state index is -0.446. The van der Waals surface area contributed by atoms with Crippen LogP contribution in [0.4, 0.5) is 0 Å². The van der Waals surface area contributed by atoms with Crippen LogP contribution in [-0.2, 0) is 0 Å². The number of rotatable bonds is 6. The van der Waals surface area contributed by atoms with Crippen molar-refractivity contribution in [1.82, 2.24) is 9.55 Å². The van der Waals surface area contributed by atoms with Crippen LogP contribution in [-0.4, -0.2) is 9.55 Å². The van der Waals surface area contributed by atoms with Crippen molar-refractivity contribution >= 4 is 43.4 Å². The average molecular weight is 733 g/mol. The summed E-state index contributed by atoms with van der Waals surface area (Å²) in [5.74, 6) is 0.690. The van der Waals surface area contributed by atoms with Crippen molar-refractivity contribution in [2.24, 2.45) is 0 Å². The second-order valence-corrected chi connectivity index (χ2v) is 14.1. The van der Waals surface area contributed by atoms with Crippen molar-refractivity contribution in [2.75, 3.05) is 0 Å². The average Bonchev–Trinajstić information content (AvgIpc) is 3.75. The zero-order valence-corrected chi connectivity index (χ0v) is 30.6. The lowest BCUT2D eigenvalue weighted by Gasteiger charge is -2.19. The number of imidazole rings is 1. The van der Waals surface area contributed by atoms with Crippen molar-refractivity contribution in [3.63, 3.8) is 0 Å². The highest BCUT2D eigenvalue weighted by Crippen LogP contribution is 2.45. The van der Waals surface area contributed by atoms with Crippen LogP contribution in [0, 0.1) is 0 Å². The molecule has 1 aromatic heterocycles.